The number of hydrogen-bond donors (Lipinski definition) is 4. The summed E-state index contributed by atoms with van der Waals surface area (Å²) >= 11 is 12.0. The number of rotatable bonds is 4. The molecule has 0 saturated carbocycles. The predicted molar refractivity (Wildman–Crippen MR) is 112 cm³/mol. The van der Waals surface area contributed by atoms with Crippen LogP contribution in [0.4, 0.5) is 5.82 Å². The summed E-state index contributed by atoms with van der Waals surface area (Å²) in [6.07, 6.45) is 1.07. The molecule has 3 heterocycles. The first-order chi connectivity index (χ1) is 14.9. The third-order valence-corrected chi connectivity index (χ3v) is 6.20. The molecule has 2 aromatic rings. The van der Waals surface area contributed by atoms with Gasteiger partial charge in [0, 0.05) is 6.54 Å². The number of aliphatic hydroxyl groups excluding tert-OH is 3. The van der Waals surface area contributed by atoms with Crippen molar-refractivity contribution in [3.63, 3.8) is 0 Å². The third-order valence-electron chi connectivity index (χ3n) is 5.46. The number of aromatic nitrogens is 2. The first-order valence-electron chi connectivity index (χ1n) is 9.39. The number of nitrogens with one attached hydrogen (secondary N) is 1. The average Bonchev–Trinajstić information content (AvgIpc) is 3.28. The average molecular weight is 467 g/mol. The largest absolute Gasteiger partial charge is 0.397 e. The van der Waals surface area contributed by atoms with E-state index in [0.717, 1.165) is 0 Å². The second-order valence-corrected chi connectivity index (χ2v) is 8.04. The van der Waals surface area contributed by atoms with Gasteiger partial charge < -0.3 is 34.8 Å². The van der Waals surface area contributed by atoms with Crippen molar-refractivity contribution in [3.05, 3.63) is 51.2 Å². The lowest BCUT2D eigenvalue weighted by molar-refractivity contribution is -0.0668. The maximum Gasteiger partial charge on any atom is 0.200 e. The number of fused-ring (bicyclic) bond motifs is 1. The van der Waals surface area contributed by atoms with E-state index in [2.05, 4.69) is 21.0 Å². The van der Waals surface area contributed by atoms with Crippen molar-refractivity contribution in [2.24, 2.45) is 5.16 Å². The van der Waals surface area contributed by atoms with Crippen LogP contribution in [0.25, 0.3) is 0 Å². The Kier molecular flexibility index (Phi) is 6.12. The van der Waals surface area contributed by atoms with Gasteiger partial charge in [-0.25, -0.2) is 4.98 Å². The molecule has 1 saturated heterocycles. The number of aliphatic hydroxyl groups is 3. The molecule has 0 amide bonds. The van der Waals surface area contributed by atoms with Crippen molar-refractivity contribution in [1.29, 1.82) is 0 Å². The van der Waals surface area contributed by atoms with E-state index in [9.17, 15) is 15.3 Å². The van der Waals surface area contributed by atoms with Crippen molar-refractivity contribution in [2.45, 2.75) is 36.6 Å². The number of nitrogens with zero attached hydrogens (tertiary/aromatic N) is 3. The van der Waals surface area contributed by atoms with Gasteiger partial charge in [-0.1, -0.05) is 40.3 Å². The lowest BCUT2D eigenvalue weighted by atomic mass is 9.99. The number of halogens is 2. The van der Waals surface area contributed by atoms with Gasteiger partial charge in [0.2, 0.25) is 5.49 Å². The van der Waals surface area contributed by atoms with Gasteiger partial charge in [-0.05, 0) is 17.7 Å². The molecule has 0 radical (unpaired) electrons. The molecule has 6 atom stereocenters. The van der Waals surface area contributed by atoms with Crippen LogP contribution in [-0.2, 0) is 9.57 Å². The Bertz CT molecular complexity index is 1090. The number of aromatic amines is 1. The molecule has 0 spiro atoms. The van der Waals surface area contributed by atoms with Gasteiger partial charge in [0.1, 0.15) is 37.3 Å². The van der Waals surface area contributed by atoms with E-state index in [1.54, 1.807) is 11.0 Å². The zero-order valence-corrected chi connectivity index (χ0v) is 17.8. The van der Waals surface area contributed by atoms with Crippen molar-refractivity contribution < 1.29 is 24.9 Å². The Morgan fingerprint density at radius 2 is 2.13 bits per heavy atom. The van der Waals surface area contributed by atoms with Crippen molar-refractivity contribution in [1.82, 2.24) is 9.97 Å². The predicted octanol–water partition coefficient (Wildman–Crippen LogP) is 0.896. The molecule has 0 aliphatic carbocycles. The van der Waals surface area contributed by atoms with Crippen molar-refractivity contribution >= 4 is 29.0 Å². The van der Waals surface area contributed by atoms with E-state index in [1.807, 2.05) is 0 Å². The van der Waals surface area contributed by atoms with E-state index in [-0.39, 0.29) is 11.6 Å². The summed E-state index contributed by atoms with van der Waals surface area (Å²) in [6.45, 7) is 0.282. The maximum atomic E-state index is 10.8. The van der Waals surface area contributed by atoms with Gasteiger partial charge in [0.05, 0.1) is 27.9 Å². The number of ether oxygens (including phenoxy) is 1. The standard InChI is InChI=1S/C20H20Cl2N4O5/c1-3-9-7-26(19-13(9)18(25-30-2)23-8-24-19)20-16(29)15(28)17(31-20)14(27)10-4-5-11(21)12(22)6-10/h1,4-6,8-9,14-17,20,27-29H,7H2,2H3,(H,23,24,25)/t9?,14-,15+,16-,17-,20-/m1/s1. The summed E-state index contributed by atoms with van der Waals surface area (Å²) in [7, 11) is 1.40. The molecule has 2 aliphatic rings. The monoisotopic (exact) mass is 466 g/mol. The molecule has 0 bridgehead atoms. The molecule has 4 rings (SSSR count). The fourth-order valence-corrected chi connectivity index (χ4v) is 4.27. The SMILES string of the molecule is C#CC1CN([C@@H]2O[C@H]([C@H](O)c3ccc(Cl)c(Cl)c3)[C@@H](O)[C@H]2O)c2[nH]cn/c(=N\OC)c21. The zero-order valence-electron chi connectivity index (χ0n) is 16.3. The molecule has 11 heteroatoms. The van der Waals surface area contributed by atoms with Crippen LogP contribution >= 0.6 is 23.2 Å². The van der Waals surface area contributed by atoms with Crippen molar-refractivity contribution in [3.8, 4) is 12.3 Å². The van der Waals surface area contributed by atoms with Crippen LogP contribution in [0.3, 0.4) is 0 Å². The van der Waals surface area contributed by atoms with Gasteiger partial charge in [0.25, 0.3) is 0 Å². The zero-order chi connectivity index (χ0) is 22.3. The Morgan fingerprint density at radius 1 is 1.35 bits per heavy atom. The Balaban J connectivity index is 1.65. The minimum atomic E-state index is -1.37. The highest BCUT2D eigenvalue weighted by Gasteiger charge is 2.51. The molecule has 4 N–H and O–H groups in total. The van der Waals surface area contributed by atoms with E-state index >= 15 is 0 Å². The highest BCUT2D eigenvalue weighted by molar-refractivity contribution is 6.42. The van der Waals surface area contributed by atoms with E-state index in [0.29, 0.717) is 27.5 Å². The van der Waals surface area contributed by atoms with E-state index in [1.165, 1.54) is 25.6 Å². The Morgan fingerprint density at radius 3 is 2.81 bits per heavy atom. The van der Waals surface area contributed by atoms with Gasteiger partial charge in [-0.3, -0.25) is 0 Å². The molecule has 1 aromatic heterocycles. The van der Waals surface area contributed by atoms with Gasteiger partial charge >= 0.3 is 0 Å². The van der Waals surface area contributed by atoms with Crippen LogP contribution in [0.2, 0.25) is 10.0 Å². The lowest BCUT2D eigenvalue weighted by Crippen LogP contribution is -2.44. The number of H-pyrrole nitrogens is 1. The summed E-state index contributed by atoms with van der Waals surface area (Å²) in [6, 6.07) is 4.60. The van der Waals surface area contributed by atoms with Crippen LogP contribution in [0, 0.1) is 12.3 Å². The highest BCUT2D eigenvalue weighted by Crippen LogP contribution is 2.39. The molecule has 1 aromatic carbocycles. The normalized spacial score (nSPS) is 29.0. The first kappa shape index (κ1) is 21.9. The molecular formula is C20H20Cl2N4O5. The van der Waals surface area contributed by atoms with Crippen LogP contribution < -0.4 is 10.4 Å². The van der Waals surface area contributed by atoms with Crippen LogP contribution in [0.5, 0.6) is 0 Å². The molecule has 164 valence electrons. The summed E-state index contributed by atoms with van der Waals surface area (Å²) in [5.41, 5.74) is 1.32. The summed E-state index contributed by atoms with van der Waals surface area (Å²) in [5, 5.41) is 36.6. The van der Waals surface area contributed by atoms with E-state index in [4.69, 9.17) is 39.2 Å². The van der Waals surface area contributed by atoms with Gasteiger partial charge in [-0.2, -0.15) is 0 Å². The fraction of sp³-hybridized carbons (Fsp3) is 0.400. The van der Waals surface area contributed by atoms with Gasteiger partial charge in [-0.15, -0.1) is 6.42 Å². The van der Waals surface area contributed by atoms with Gasteiger partial charge in [0.15, 0.2) is 6.23 Å². The van der Waals surface area contributed by atoms with E-state index < -0.39 is 36.6 Å². The lowest BCUT2D eigenvalue weighted by Gasteiger charge is -2.28. The number of anilines is 1. The fourth-order valence-electron chi connectivity index (χ4n) is 3.96. The summed E-state index contributed by atoms with van der Waals surface area (Å²) in [5.74, 6) is 2.81. The minimum absolute atomic E-state index is 0.254. The topological polar surface area (TPSA) is 123 Å². The minimum Gasteiger partial charge on any atom is -0.397 e. The van der Waals surface area contributed by atoms with Crippen LogP contribution in [-0.4, -0.2) is 63.5 Å². The number of benzene rings is 1. The second-order valence-electron chi connectivity index (χ2n) is 7.22. The molecule has 9 nitrogen and oxygen atoms in total. The first-order valence-corrected chi connectivity index (χ1v) is 10.1. The number of hydrogen-bond acceptors (Lipinski definition) is 8. The Hall–Kier alpha value is -2.32. The van der Waals surface area contributed by atoms with Crippen molar-refractivity contribution in [2.75, 3.05) is 18.6 Å². The van der Waals surface area contributed by atoms with Crippen LogP contribution in [0.15, 0.2) is 29.7 Å². The maximum absolute atomic E-state index is 10.8. The Labute approximate surface area is 187 Å². The quantitative estimate of drug-likeness (QED) is 0.389. The molecule has 1 unspecified atom stereocenters. The smallest absolute Gasteiger partial charge is 0.200 e. The molecule has 1 fully saturated rings. The molecular weight excluding hydrogens is 447 g/mol. The summed E-state index contributed by atoms with van der Waals surface area (Å²) in [4.78, 5) is 13.7. The highest BCUT2D eigenvalue weighted by atomic mass is 35.5. The molecule has 2 aliphatic heterocycles. The third kappa shape index (κ3) is 3.76. The number of terminal acetylenes is 1. The summed E-state index contributed by atoms with van der Waals surface area (Å²) < 4.78 is 5.93. The molecule has 31 heavy (non-hydrogen) atoms. The second kappa shape index (κ2) is 8.67. The van der Waals surface area contributed by atoms with Crippen LogP contribution in [0.1, 0.15) is 23.1 Å².